The van der Waals surface area contributed by atoms with E-state index in [0.29, 0.717) is 18.5 Å². The zero-order valence-corrected chi connectivity index (χ0v) is 20.7. The summed E-state index contributed by atoms with van der Waals surface area (Å²) >= 11 is 1.77. The lowest BCUT2D eigenvalue weighted by molar-refractivity contribution is 0.282. The van der Waals surface area contributed by atoms with Crippen LogP contribution in [0.4, 0.5) is 13.8 Å². The second-order valence-electron chi connectivity index (χ2n) is 7.42. The summed E-state index contributed by atoms with van der Waals surface area (Å²) < 4.78 is 28.5. The van der Waals surface area contributed by atoms with Crippen LogP contribution in [0.25, 0.3) is 0 Å². The highest BCUT2D eigenvalue weighted by Gasteiger charge is 2.24. The van der Waals surface area contributed by atoms with Gasteiger partial charge in [0.1, 0.15) is 11.6 Å². The smallest absolute Gasteiger partial charge is 0.191 e. The van der Waals surface area contributed by atoms with Gasteiger partial charge in [0.25, 0.3) is 0 Å². The first-order valence-electron chi connectivity index (χ1n) is 9.85. The van der Waals surface area contributed by atoms with Crippen LogP contribution >= 0.6 is 35.3 Å². The molecule has 0 aliphatic carbocycles. The third-order valence-electron chi connectivity index (χ3n) is 5.30. The first-order chi connectivity index (χ1) is 14.0. The Labute approximate surface area is 198 Å². The van der Waals surface area contributed by atoms with Crippen LogP contribution in [0.2, 0.25) is 0 Å². The van der Waals surface area contributed by atoms with E-state index in [2.05, 4.69) is 38.0 Å². The summed E-state index contributed by atoms with van der Waals surface area (Å²) in [5, 5.41) is 10.1. The monoisotopic (exact) mass is 549 g/mol. The van der Waals surface area contributed by atoms with Crippen LogP contribution in [-0.2, 0) is 0 Å². The van der Waals surface area contributed by atoms with E-state index in [1.165, 1.54) is 23.2 Å². The average molecular weight is 549 g/mol. The maximum Gasteiger partial charge on any atom is 0.191 e. The van der Waals surface area contributed by atoms with Crippen LogP contribution in [0.3, 0.4) is 0 Å². The maximum atomic E-state index is 14.2. The molecular weight excluding hydrogens is 519 g/mol. The fourth-order valence-electron chi connectivity index (χ4n) is 3.65. The highest BCUT2D eigenvalue weighted by molar-refractivity contribution is 14.0. The summed E-state index contributed by atoms with van der Waals surface area (Å²) in [4.78, 5) is 8.51. The molecule has 1 atom stereocenters. The van der Waals surface area contributed by atoms with E-state index in [4.69, 9.17) is 0 Å². The van der Waals surface area contributed by atoms with Crippen LogP contribution in [0.5, 0.6) is 0 Å². The van der Waals surface area contributed by atoms with Gasteiger partial charge in [-0.25, -0.2) is 8.78 Å². The van der Waals surface area contributed by atoms with Crippen LogP contribution < -0.4 is 15.5 Å². The second-order valence-corrected chi connectivity index (χ2v) is 8.35. The van der Waals surface area contributed by atoms with E-state index in [1.54, 1.807) is 23.3 Å². The molecule has 1 aliphatic rings. The largest absolute Gasteiger partial charge is 0.363 e. The first-order valence-corrected chi connectivity index (χ1v) is 10.7. The van der Waals surface area contributed by atoms with Gasteiger partial charge < -0.3 is 20.4 Å². The lowest BCUT2D eigenvalue weighted by Gasteiger charge is -2.34. The second kappa shape index (κ2) is 11.8. The van der Waals surface area contributed by atoms with Gasteiger partial charge in [-0.15, -0.1) is 35.3 Å². The van der Waals surface area contributed by atoms with Crippen LogP contribution in [-0.4, -0.2) is 57.7 Å². The van der Waals surface area contributed by atoms with Crippen LogP contribution in [0, 0.1) is 11.6 Å². The Kier molecular flexibility index (Phi) is 9.76. The molecule has 166 valence electrons. The number of nitrogens with one attached hydrogen (secondary N) is 2. The summed E-state index contributed by atoms with van der Waals surface area (Å²) in [6.45, 7) is 2.34. The number of hydrogen-bond acceptors (Lipinski definition) is 4. The molecule has 3 rings (SSSR count). The summed E-state index contributed by atoms with van der Waals surface area (Å²) in [6, 6.07) is 8.08. The summed E-state index contributed by atoms with van der Waals surface area (Å²) in [7, 11) is 5.34. The summed E-state index contributed by atoms with van der Waals surface area (Å²) in [6.07, 6.45) is 2.02. The van der Waals surface area contributed by atoms with Crippen molar-refractivity contribution in [2.24, 2.45) is 4.99 Å². The topological polar surface area (TPSA) is 42.9 Å². The van der Waals surface area contributed by atoms with Gasteiger partial charge in [0.05, 0.1) is 11.0 Å². The molecule has 0 radical (unpaired) electrons. The molecule has 2 N–H and O–H groups in total. The average Bonchev–Trinajstić information content (AvgIpc) is 3.24. The summed E-state index contributed by atoms with van der Waals surface area (Å²) in [5.74, 6) is -0.410. The Hall–Kier alpha value is -1.46. The minimum absolute atomic E-state index is 0. The van der Waals surface area contributed by atoms with E-state index in [1.807, 2.05) is 14.1 Å². The Morgan fingerprint density at radius 1 is 1.20 bits per heavy atom. The quantitative estimate of drug-likeness (QED) is 0.324. The maximum absolute atomic E-state index is 14.2. The molecule has 2 aromatic rings. The van der Waals surface area contributed by atoms with E-state index in [0.717, 1.165) is 25.9 Å². The number of anilines is 1. The Morgan fingerprint density at radius 2 is 1.87 bits per heavy atom. The van der Waals surface area contributed by atoms with Crippen molar-refractivity contribution in [3.8, 4) is 0 Å². The normalized spacial score (nSPS) is 16.3. The van der Waals surface area contributed by atoms with Crippen molar-refractivity contribution < 1.29 is 8.78 Å². The van der Waals surface area contributed by atoms with Crippen molar-refractivity contribution in [1.29, 1.82) is 0 Å². The Bertz CT molecular complexity index is 787. The van der Waals surface area contributed by atoms with Crippen LogP contribution in [0.1, 0.15) is 24.4 Å². The number of likely N-dealkylation sites (N-methyl/N-ethyl adjacent to an activating group) is 1. The van der Waals surface area contributed by atoms with Crippen molar-refractivity contribution in [3.63, 3.8) is 0 Å². The fourth-order valence-corrected chi connectivity index (χ4v) is 4.43. The number of hydrogen-bond donors (Lipinski definition) is 2. The zero-order chi connectivity index (χ0) is 20.8. The number of halogens is 3. The molecule has 1 unspecified atom stereocenters. The van der Waals surface area contributed by atoms with Crippen molar-refractivity contribution in [1.82, 2.24) is 15.5 Å². The van der Waals surface area contributed by atoms with Gasteiger partial charge in [-0.1, -0.05) is 6.07 Å². The zero-order valence-electron chi connectivity index (χ0n) is 17.6. The molecule has 0 amide bonds. The van der Waals surface area contributed by atoms with E-state index in [-0.39, 0.29) is 29.5 Å². The number of guanidine groups is 1. The van der Waals surface area contributed by atoms with Gasteiger partial charge in [0.2, 0.25) is 0 Å². The number of aliphatic imine (C=N–C) groups is 1. The molecule has 5 nitrogen and oxygen atoms in total. The number of benzene rings is 1. The molecule has 30 heavy (non-hydrogen) atoms. The van der Waals surface area contributed by atoms with Gasteiger partial charge in [-0.05, 0) is 56.6 Å². The van der Waals surface area contributed by atoms with Gasteiger partial charge >= 0.3 is 0 Å². The molecular formula is C21H30F2IN5S. The first kappa shape index (κ1) is 24.8. The van der Waals surface area contributed by atoms with Crippen molar-refractivity contribution in [2.75, 3.05) is 45.7 Å². The molecule has 1 aliphatic heterocycles. The van der Waals surface area contributed by atoms with Crippen molar-refractivity contribution >= 4 is 46.3 Å². The minimum atomic E-state index is -0.533. The third kappa shape index (κ3) is 6.27. The number of thiophene rings is 1. The number of nitrogens with zero attached hydrogens (tertiary/aromatic N) is 3. The summed E-state index contributed by atoms with van der Waals surface area (Å²) in [5.41, 5.74) is 0.0738. The highest BCUT2D eigenvalue weighted by Crippen LogP contribution is 2.25. The molecule has 1 aromatic carbocycles. The van der Waals surface area contributed by atoms with Gasteiger partial charge in [-0.3, -0.25) is 4.99 Å². The molecule has 0 spiro atoms. The predicted octanol–water partition coefficient (Wildman–Crippen LogP) is 4.08. The van der Waals surface area contributed by atoms with Crippen LogP contribution in [0.15, 0.2) is 40.7 Å². The van der Waals surface area contributed by atoms with E-state index >= 15 is 0 Å². The van der Waals surface area contributed by atoms with Crippen molar-refractivity contribution in [2.45, 2.75) is 24.9 Å². The lowest BCUT2D eigenvalue weighted by atomic mass is 10.0. The Morgan fingerprint density at radius 3 is 2.40 bits per heavy atom. The fraction of sp³-hybridized carbons (Fsp3) is 0.476. The molecule has 0 saturated carbocycles. The van der Waals surface area contributed by atoms with Gasteiger partial charge in [0.15, 0.2) is 5.96 Å². The standard InChI is InChI=1S/C21H29F2N5S.HI/c1-24-21(26-15-9-11-28(12-10-15)19-8-5-13-29-19)25-14-18(27(2)3)20-16(22)6-4-7-17(20)23;/h4-8,13,15,18H,9-12,14H2,1-3H3,(H2,24,25,26);1H. The lowest BCUT2D eigenvalue weighted by Crippen LogP contribution is -2.50. The number of rotatable bonds is 6. The van der Waals surface area contributed by atoms with Crippen molar-refractivity contribution in [3.05, 3.63) is 52.9 Å². The van der Waals surface area contributed by atoms with E-state index < -0.39 is 17.7 Å². The molecule has 1 saturated heterocycles. The van der Waals surface area contributed by atoms with E-state index in [9.17, 15) is 8.78 Å². The number of piperidine rings is 1. The molecule has 1 fully saturated rings. The third-order valence-corrected chi connectivity index (χ3v) is 6.23. The molecule has 9 heteroatoms. The minimum Gasteiger partial charge on any atom is -0.363 e. The van der Waals surface area contributed by atoms with Gasteiger partial charge in [0, 0.05) is 38.3 Å². The highest BCUT2D eigenvalue weighted by atomic mass is 127. The molecule has 1 aromatic heterocycles. The SMILES string of the molecule is CN=C(NCC(c1c(F)cccc1F)N(C)C)NC1CCN(c2cccs2)CC1.I. The van der Waals surface area contributed by atoms with Gasteiger partial charge in [-0.2, -0.15) is 0 Å². The predicted molar refractivity (Wildman–Crippen MR) is 132 cm³/mol. The molecule has 2 heterocycles. The Balaban J connectivity index is 0.00000320. The molecule has 0 bridgehead atoms.